The zero-order valence-corrected chi connectivity index (χ0v) is 13.1. The molecule has 0 radical (unpaired) electrons. The molecule has 0 amide bonds. The summed E-state index contributed by atoms with van der Waals surface area (Å²) in [6.07, 6.45) is 0. The largest absolute Gasteiger partial charge is 0.379 e. The van der Waals surface area contributed by atoms with Gasteiger partial charge in [-0.25, -0.2) is 0 Å². The van der Waals surface area contributed by atoms with Crippen LogP contribution in [-0.4, -0.2) is 37.7 Å². The topological polar surface area (TPSA) is 24.5 Å². The smallest absolute Gasteiger partial charge is 0.0594 e. The highest BCUT2D eigenvalue weighted by atomic mass is 16.5. The average Bonchev–Trinajstić information content (AvgIpc) is 2.41. The van der Waals surface area contributed by atoms with Crippen molar-refractivity contribution in [3.05, 3.63) is 35.4 Å². The van der Waals surface area contributed by atoms with E-state index in [2.05, 4.69) is 55.3 Å². The summed E-state index contributed by atoms with van der Waals surface area (Å²) in [5, 5.41) is 3.52. The van der Waals surface area contributed by atoms with E-state index in [0.29, 0.717) is 5.41 Å². The van der Waals surface area contributed by atoms with Gasteiger partial charge in [0.25, 0.3) is 0 Å². The molecule has 1 N–H and O–H groups in total. The highest BCUT2D eigenvalue weighted by molar-refractivity contribution is 5.22. The fourth-order valence-electron chi connectivity index (χ4n) is 2.36. The van der Waals surface area contributed by atoms with E-state index in [0.717, 1.165) is 45.9 Å². The van der Waals surface area contributed by atoms with Crippen LogP contribution in [0.25, 0.3) is 0 Å². The fraction of sp³-hybridized carbons (Fsp3) is 0.647. The van der Waals surface area contributed by atoms with Crippen LogP contribution in [-0.2, 0) is 17.8 Å². The minimum Gasteiger partial charge on any atom is -0.379 e. The Kier molecular flexibility index (Phi) is 5.58. The molecule has 0 saturated carbocycles. The van der Waals surface area contributed by atoms with Crippen LogP contribution in [0.3, 0.4) is 0 Å². The minimum absolute atomic E-state index is 0.344. The Morgan fingerprint density at radius 1 is 1.05 bits per heavy atom. The van der Waals surface area contributed by atoms with Crippen LogP contribution in [0.4, 0.5) is 0 Å². The molecule has 0 aliphatic carbocycles. The average molecular weight is 276 g/mol. The monoisotopic (exact) mass is 276 g/mol. The number of rotatable bonds is 5. The van der Waals surface area contributed by atoms with Crippen molar-refractivity contribution in [3.8, 4) is 0 Å². The van der Waals surface area contributed by atoms with Crippen molar-refractivity contribution in [2.45, 2.75) is 33.9 Å². The summed E-state index contributed by atoms with van der Waals surface area (Å²) >= 11 is 0. The first kappa shape index (κ1) is 15.5. The molecule has 0 atom stereocenters. The molecule has 2 rings (SSSR count). The maximum absolute atomic E-state index is 5.38. The summed E-state index contributed by atoms with van der Waals surface area (Å²) in [7, 11) is 0. The molecule has 20 heavy (non-hydrogen) atoms. The van der Waals surface area contributed by atoms with Crippen molar-refractivity contribution < 1.29 is 4.74 Å². The molecule has 112 valence electrons. The first-order valence-corrected chi connectivity index (χ1v) is 7.62. The molecular weight excluding hydrogens is 248 g/mol. The van der Waals surface area contributed by atoms with Gasteiger partial charge in [0.05, 0.1) is 13.2 Å². The summed E-state index contributed by atoms with van der Waals surface area (Å²) in [4.78, 5) is 2.45. The van der Waals surface area contributed by atoms with E-state index in [1.807, 2.05) is 0 Å². The minimum atomic E-state index is 0.344. The van der Waals surface area contributed by atoms with Crippen molar-refractivity contribution in [1.29, 1.82) is 0 Å². The summed E-state index contributed by atoms with van der Waals surface area (Å²) < 4.78 is 5.38. The summed E-state index contributed by atoms with van der Waals surface area (Å²) in [6, 6.07) is 8.99. The van der Waals surface area contributed by atoms with Crippen molar-refractivity contribution >= 4 is 0 Å². The van der Waals surface area contributed by atoms with Gasteiger partial charge >= 0.3 is 0 Å². The Morgan fingerprint density at radius 2 is 1.65 bits per heavy atom. The molecule has 1 fully saturated rings. The number of hydrogen-bond acceptors (Lipinski definition) is 3. The van der Waals surface area contributed by atoms with E-state index in [1.165, 1.54) is 11.1 Å². The first-order chi connectivity index (χ1) is 9.53. The number of nitrogens with one attached hydrogen (secondary N) is 1. The fourth-order valence-corrected chi connectivity index (χ4v) is 2.36. The zero-order valence-electron chi connectivity index (χ0n) is 13.1. The third-order valence-electron chi connectivity index (χ3n) is 3.52. The third-order valence-corrected chi connectivity index (χ3v) is 3.52. The quantitative estimate of drug-likeness (QED) is 0.895. The van der Waals surface area contributed by atoms with Gasteiger partial charge in [-0.05, 0) is 16.5 Å². The van der Waals surface area contributed by atoms with E-state index in [1.54, 1.807) is 0 Å². The second-order valence-electron chi connectivity index (χ2n) is 6.87. The molecule has 0 aromatic heterocycles. The lowest BCUT2D eigenvalue weighted by molar-refractivity contribution is 0.0342. The van der Waals surface area contributed by atoms with Crippen molar-refractivity contribution in [2.24, 2.45) is 5.41 Å². The van der Waals surface area contributed by atoms with Gasteiger partial charge in [0.2, 0.25) is 0 Å². The van der Waals surface area contributed by atoms with Gasteiger partial charge in [0.1, 0.15) is 0 Å². The summed E-state index contributed by atoms with van der Waals surface area (Å²) in [6.45, 7) is 13.6. The number of ether oxygens (including phenoxy) is 1. The van der Waals surface area contributed by atoms with Crippen LogP contribution in [0.15, 0.2) is 24.3 Å². The molecule has 1 saturated heterocycles. The van der Waals surface area contributed by atoms with E-state index in [9.17, 15) is 0 Å². The first-order valence-electron chi connectivity index (χ1n) is 7.62. The molecule has 0 unspecified atom stereocenters. The third kappa shape index (κ3) is 5.61. The molecule has 0 bridgehead atoms. The van der Waals surface area contributed by atoms with Crippen LogP contribution in [0.5, 0.6) is 0 Å². The number of hydrogen-bond donors (Lipinski definition) is 1. The summed E-state index contributed by atoms with van der Waals surface area (Å²) in [5.74, 6) is 0. The molecule has 1 aliphatic rings. The van der Waals surface area contributed by atoms with E-state index in [-0.39, 0.29) is 0 Å². The lowest BCUT2D eigenvalue weighted by Gasteiger charge is -2.26. The Hall–Kier alpha value is -0.900. The van der Waals surface area contributed by atoms with E-state index >= 15 is 0 Å². The lowest BCUT2D eigenvalue weighted by Crippen LogP contribution is -2.35. The standard InChI is InChI=1S/C17H28N2O/c1-17(2,3)14-18-12-15-4-6-16(7-5-15)13-19-8-10-20-11-9-19/h4-7,18H,8-14H2,1-3H3. The van der Waals surface area contributed by atoms with Gasteiger partial charge < -0.3 is 10.1 Å². The molecule has 0 spiro atoms. The van der Waals surface area contributed by atoms with Gasteiger partial charge in [-0.15, -0.1) is 0 Å². The van der Waals surface area contributed by atoms with E-state index < -0.39 is 0 Å². The van der Waals surface area contributed by atoms with Crippen LogP contribution in [0, 0.1) is 5.41 Å². The van der Waals surface area contributed by atoms with Gasteiger partial charge in [0, 0.05) is 32.7 Å². The Bertz CT molecular complexity index is 388. The molecule has 3 nitrogen and oxygen atoms in total. The maximum atomic E-state index is 5.38. The Morgan fingerprint density at radius 3 is 2.25 bits per heavy atom. The molecule has 1 aliphatic heterocycles. The van der Waals surface area contributed by atoms with Crippen molar-refractivity contribution in [1.82, 2.24) is 10.2 Å². The zero-order chi connectivity index (χ0) is 14.4. The second-order valence-corrected chi connectivity index (χ2v) is 6.87. The highest BCUT2D eigenvalue weighted by Gasteiger charge is 2.11. The van der Waals surface area contributed by atoms with Gasteiger partial charge in [-0.2, -0.15) is 0 Å². The SMILES string of the molecule is CC(C)(C)CNCc1ccc(CN2CCOCC2)cc1. The molecule has 3 heteroatoms. The van der Waals surface area contributed by atoms with Crippen molar-refractivity contribution in [3.63, 3.8) is 0 Å². The predicted octanol–water partition coefficient (Wildman–Crippen LogP) is 2.65. The van der Waals surface area contributed by atoms with Gasteiger partial charge in [-0.1, -0.05) is 45.0 Å². The predicted molar refractivity (Wildman–Crippen MR) is 83.7 cm³/mol. The number of morpholine rings is 1. The molecule has 1 aromatic rings. The van der Waals surface area contributed by atoms with Crippen LogP contribution >= 0.6 is 0 Å². The molecular formula is C17H28N2O. The molecule has 1 heterocycles. The number of nitrogens with zero attached hydrogens (tertiary/aromatic N) is 1. The van der Waals surface area contributed by atoms with E-state index in [4.69, 9.17) is 4.74 Å². The Labute approximate surface area is 123 Å². The maximum Gasteiger partial charge on any atom is 0.0594 e. The van der Waals surface area contributed by atoms with Crippen LogP contribution < -0.4 is 5.32 Å². The van der Waals surface area contributed by atoms with Crippen LogP contribution in [0.1, 0.15) is 31.9 Å². The Balaban J connectivity index is 1.77. The highest BCUT2D eigenvalue weighted by Crippen LogP contribution is 2.12. The normalized spacial score (nSPS) is 17.4. The van der Waals surface area contributed by atoms with Gasteiger partial charge in [-0.3, -0.25) is 4.90 Å². The molecule has 1 aromatic carbocycles. The lowest BCUT2D eigenvalue weighted by atomic mass is 9.97. The summed E-state index contributed by atoms with van der Waals surface area (Å²) in [5.41, 5.74) is 3.10. The second kappa shape index (κ2) is 7.21. The van der Waals surface area contributed by atoms with Crippen molar-refractivity contribution in [2.75, 3.05) is 32.8 Å². The van der Waals surface area contributed by atoms with Crippen LogP contribution in [0.2, 0.25) is 0 Å². The van der Waals surface area contributed by atoms with Gasteiger partial charge in [0.15, 0.2) is 0 Å². The number of benzene rings is 1.